The van der Waals surface area contributed by atoms with Crippen LogP contribution in [0.25, 0.3) is 0 Å². The molecule has 5 nitrogen and oxygen atoms in total. The van der Waals surface area contributed by atoms with Crippen LogP contribution in [0, 0.1) is 0 Å². The molecule has 0 bridgehead atoms. The lowest BCUT2D eigenvalue weighted by molar-refractivity contribution is 0.255. The van der Waals surface area contributed by atoms with E-state index in [2.05, 4.69) is 11.9 Å². The second-order valence-corrected chi connectivity index (χ2v) is 9.17. The summed E-state index contributed by atoms with van der Waals surface area (Å²) in [5, 5.41) is 2.54. The van der Waals surface area contributed by atoms with Crippen LogP contribution >= 0.6 is 0 Å². The van der Waals surface area contributed by atoms with Gasteiger partial charge in [0.1, 0.15) is 5.25 Å². The van der Waals surface area contributed by atoms with Gasteiger partial charge in [-0.05, 0) is 42.6 Å². The number of nitrogens with one attached hydrogen (secondary N) is 1. The van der Waals surface area contributed by atoms with E-state index in [0.717, 1.165) is 42.6 Å². The molecule has 3 rings (SSSR count). The summed E-state index contributed by atoms with van der Waals surface area (Å²) in [4.78, 5) is 0. The number of hydrogen-bond donors (Lipinski definition) is 2. The van der Waals surface area contributed by atoms with Crippen LogP contribution in [0.3, 0.4) is 0 Å². The fourth-order valence-corrected chi connectivity index (χ4v) is 5.70. The normalized spacial score (nSPS) is 16.8. The van der Waals surface area contributed by atoms with Gasteiger partial charge in [-0.2, -0.15) is 4.31 Å². The van der Waals surface area contributed by atoms with Crippen molar-refractivity contribution in [2.24, 2.45) is 5.73 Å². The number of nitrogens with zero attached hydrogens (tertiary/aromatic N) is 1. The largest absolute Gasteiger partial charge is 0.326 e. The van der Waals surface area contributed by atoms with Gasteiger partial charge in [0, 0.05) is 19.1 Å². The van der Waals surface area contributed by atoms with Crippen LogP contribution in [-0.4, -0.2) is 31.9 Å². The fourth-order valence-electron chi connectivity index (χ4n) is 3.70. The molecule has 1 aliphatic heterocycles. The topological polar surface area (TPSA) is 75.4 Å². The lowest BCUT2D eigenvalue weighted by Gasteiger charge is -2.35. The summed E-state index contributed by atoms with van der Waals surface area (Å²) < 4.78 is 29.1. The van der Waals surface area contributed by atoms with Gasteiger partial charge in [0.2, 0.25) is 10.0 Å². The van der Waals surface area contributed by atoms with E-state index in [-0.39, 0.29) is 6.04 Å². The Kier molecular flexibility index (Phi) is 7.02. The maximum Gasteiger partial charge on any atom is 0.225 e. The Morgan fingerprint density at radius 2 is 1.71 bits per heavy atom. The van der Waals surface area contributed by atoms with E-state index in [9.17, 15) is 8.42 Å². The lowest BCUT2D eigenvalue weighted by atomic mass is 10.1. The molecular formula is C22H29N3O2S. The molecule has 0 amide bonds. The molecule has 3 N–H and O–H groups in total. The zero-order valence-corrected chi connectivity index (χ0v) is 16.9. The summed E-state index contributed by atoms with van der Waals surface area (Å²) in [6.45, 7) is 6.30. The number of benzene rings is 2. The third-order valence-corrected chi connectivity index (χ3v) is 7.49. The SMILES string of the molecule is C=CC(c1ccc(CN)cc1)S(=O)(=O)N(Cc1ccccc1)C1CCNCC1. The van der Waals surface area contributed by atoms with Gasteiger partial charge in [0.05, 0.1) is 0 Å². The quantitative estimate of drug-likeness (QED) is 0.669. The van der Waals surface area contributed by atoms with E-state index in [1.165, 1.54) is 6.08 Å². The van der Waals surface area contributed by atoms with Gasteiger partial charge in [-0.15, -0.1) is 6.58 Å². The summed E-state index contributed by atoms with van der Waals surface area (Å²) in [5.41, 5.74) is 8.36. The Morgan fingerprint density at radius 1 is 1.07 bits per heavy atom. The van der Waals surface area contributed by atoms with Crippen LogP contribution in [-0.2, 0) is 23.1 Å². The van der Waals surface area contributed by atoms with Crippen molar-refractivity contribution in [3.05, 3.63) is 83.9 Å². The first kappa shape index (κ1) is 20.7. The second-order valence-electron chi connectivity index (χ2n) is 7.16. The molecule has 0 aliphatic carbocycles. The van der Waals surface area contributed by atoms with E-state index in [4.69, 9.17) is 5.73 Å². The number of piperidine rings is 1. The van der Waals surface area contributed by atoms with Gasteiger partial charge >= 0.3 is 0 Å². The van der Waals surface area contributed by atoms with Gasteiger partial charge in [0.15, 0.2) is 0 Å². The minimum Gasteiger partial charge on any atom is -0.326 e. The summed E-state index contributed by atoms with van der Waals surface area (Å²) in [6.07, 6.45) is 3.15. The van der Waals surface area contributed by atoms with Crippen molar-refractivity contribution < 1.29 is 8.42 Å². The Morgan fingerprint density at radius 3 is 2.29 bits per heavy atom. The predicted octanol–water partition coefficient (Wildman–Crippen LogP) is 2.96. The van der Waals surface area contributed by atoms with Crippen LogP contribution in [0.1, 0.15) is 34.8 Å². The van der Waals surface area contributed by atoms with Gasteiger partial charge in [-0.25, -0.2) is 8.42 Å². The van der Waals surface area contributed by atoms with Crippen LogP contribution in [0.4, 0.5) is 0 Å². The first-order valence-corrected chi connectivity index (χ1v) is 11.2. The Bertz CT molecular complexity index is 860. The van der Waals surface area contributed by atoms with Gasteiger partial charge in [0.25, 0.3) is 0 Å². The van der Waals surface area contributed by atoms with Crippen LogP contribution < -0.4 is 11.1 Å². The van der Waals surface area contributed by atoms with E-state index in [1.807, 2.05) is 54.6 Å². The molecule has 0 radical (unpaired) electrons. The molecule has 0 spiro atoms. The molecular weight excluding hydrogens is 370 g/mol. The minimum atomic E-state index is -3.63. The van der Waals surface area contributed by atoms with E-state index in [0.29, 0.717) is 13.1 Å². The summed E-state index contributed by atoms with van der Waals surface area (Å²) in [5.74, 6) is 0. The Hall–Kier alpha value is -1.99. The van der Waals surface area contributed by atoms with Crippen LogP contribution in [0.5, 0.6) is 0 Å². The molecule has 1 unspecified atom stereocenters. The van der Waals surface area contributed by atoms with Crippen LogP contribution in [0.2, 0.25) is 0 Å². The summed E-state index contributed by atoms with van der Waals surface area (Å²) >= 11 is 0. The molecule has 1 atom stereocenters. The molecule has 6 heteroatoms. The molecule has 1 aliphatic rings. The predicted molar refractivity (Wildman–Crippen MR) is 114 cm³/mol. The molecule has 1 heterocycles. The van der Waals surface area contributed by atoms with Crippen molar-refractivity contribution in [1.82, 2.24) is 9.62 Å². The molecule has 1 saturated heterocycles. The lowest BCUT2D eigenvalue weighted by Crippen LogP contribution is -2.46. The second kappa shape index (κ2) is 9.47. The molecule has 1 fully saturated rings. The maximum absolute atomic E-state index is 13.7. The Labute approximate surface area is 168 Å². The van der Waals surface area contributed by atoms with Gasteiger partial charge in [-0.3, -0.25) is 0 Å². The molecule has 2 aromatic carbocycles. The van der Waals surface area contributed by atoms with Gasteiger partial charge in [-0.1, -0.05) is 60.7 Å². The standard InChI is InChI=1S/C22H29N3O2S/c1-2-22(20-10-8-18(16-23)9-11-20)28(26,27)25(21-12-14-24-15-13-21)17-19-6-4-3-5-7-19/h2-11,21-22,24H,1,12-17,23H2. The number of nitrogens with two attached hydrogens (primary N) is 1. The third-order valence-electron chi connectivity index (χ3n) is 5.30. The van der Waals surface area contributed by atoms with Crippen molar-refractivity contribution in [1.29, 1.82) is 0 Å². The maximum atomic E-state index is 13.7. The molecule has 0 saturated carbocycles. The van der Waals surface area contributed by atoms with E-state index < -0.39 is 15.3 Å². The van der Waals surface area contributed by atoms with Crippen molar-refractivity contribution in [2.45, 2.75) is 37.2 Å². The minimum absolute atomic E-state index is 0.0165. The third kappa shape index (κ3) is 4.70. The van der Waals surface area contributed by atoms with Crippen molar-refractivity contribution in [3.8, 4) is 0 Å². The van der Waals surface area contributed by atoms with Crippen molar-refractivity contribution in [2.75, 3.05) is 13.1 Å². The highest BCUT2D eigenvalue weighted by Gasteiger charge is 2.36. The number of sulfonamides is 1. The highest BCUT2D eigenvalue weighted by atomic mass is 32.2. The molecule has 2 aromatic rings. The zero-order valence-electron chi connectivity index (χ0n) is 16.1. The van der Waals surface area contributed by atoms with Crippen LogP contribution in [0.15, 0.2) is 67.3 Å². The van der Waals surface area contributed by atoms with Gasteiger partial charge < -0.3 is 11.1 Å². The summed E-state index contributed by atoms with van der Waals surface area (Å²) in [7, 11) is -3.63. The van der Waals surface area contributed by atoms with Crippen molar-refractivity contribution in [3.63, 3.8) is 0 Å². The smallest absolute Gasteiger partial charge is 0.225 e. The number of rotatable bonds is 8. The highest BCUT2D eigenvalue weighted by Crippen LogP contribution is 2.31. The molecule has 28 heavy (non-hydrogen) atoms. The number of hydrogen-bond acceptors (Lipinski definition) is 4. The van der Waals surface area contributed by atoms with E-state index in [1.54, 1.807) is 4.31 Å². The first-order valence-electron chi connectivity index (χ1n) is 9.73. The fraction of sp³-hybridized carbons (Fsp3) is 0.364. The Balaban J connectivity index is 1.95. The van der Waals surface area contributed by atoms with E-state index >= 15 is 0 Å². The summed E-state index contributed by atoms with van der Waals surface area (Å²) in [6, 6.07) is 17.2. The average Bonchev–Trinajstić information content (AvgIpc) is 2.74. The molecule has 150 valence electrons. The first-order chi connectivity index (χ1) is 13.6. The molecule has 0 aromatic heterocycles. The average molecular weight is 400 g/mol. The zero-order chi connectivity index (χ0) is 20.0. The van der Waals surface area contributed by atoms with Crippen molar-refractivity contribution >= 4 is 10.0 Å². The highest BCUT2D eigenvalue weighted by molar-refractivity contribution is 7.89. The monoisotopic (exact) mass is 399 g/mol.